The molecule has 1 rings (SSSR count). The van der Waals surface area contributed by atoms with E-state index in [4.69, 9.17) is 14.2 Å². The molecule has 1 N–H and O–H groups in total. The predicted octanol–water partition coefficient (Wildman–Crippen LogP) is -0.0789. The molecular formula is C11H15BrO7. The van der Waals surface area contributed by atoms with Crippen LogP contribution in [0.15, 0.2) is 0 Å². The minimum absolute atomic E-state index is 0.231. The van der Waals surface area contributed by atoms with Crippen molar-refractivity contribution in [1.29, 1.82) is 0 Å². The van der Waals surface area contributed by atoms with E-state index in [-0.39, 0.29) is 6.61 Å². The molecule has 4 atom stereocenters. The third-order valence-electron chi connectivity index (χ3n) is 2.72. The number of hydrogen-bond donors (Lipinski definition) is 1. The molecule has 8 heteroatoms. The van der Waals surface area contributed by atoms with Gasteiger partial charge in [-0.3, -0.25) is 14.4 Å². The number of alkyl halides is 1. The number of rotatable bonds is 4. The summed E-state index contributed by atoms with van der Waals surface area (Å²) >= 11 is 3.01. The van der Waals surface area contributed by atoms with Gasteiger partial charge in [0.05, 0.1) is 0 Å². The van der Waals surface area contributed by atoms with Gasteiger partial charge in [0, 0.05) is 13.8 Å². The van der Waals surface area contributed by atoms with E-state index in [0.717, 1.165) is 13.8 Å². The van der Waals surface area contributed by atoms with Crippen LogP contribution < -0.4 is 0 Å². The van der Waals surface area contributed by atoms with Gasteiger partial charge in [0.1, 0.15) is 12.7 Å². The number of ether oxygens (including phenoxy) is 3. The zero-order chi connectivity index (χ0) is 14.8. The molecule has 7 nitrogen and oxygen atoms in total. The molecule has 1 fully saturated rings. The molecular weight excluding hydrogens is 324 g/mol. The topological polar surface area (TPSA) is 99.1 Å². The van der Waals surface area contributed by atoms with Gasteiger partial charge in [-0.05, 0) is 6.92 Å². The van der Waals surface area contributed by atoms with Crippen LogP contribution in [0.4, 0.5) is 0 Å². The summed E-state index contributed by atoms with van der Waals surface area (Å²) in [5.74, 6) is -1.84. The first-order chi connectivity index (χ1) is 8.69. The molecule has 0 aromatic heterocycles. The van der Waals surface area contributed by atoms with Crippen LogP contribution in [0.2, 0.25) is 0 Å². The highest BCUT2D eigenvalue weighted by Gasteiger charge is 2.60. The summed E-state index contributed by atoms with van der Waals surface area (Å²) in [6, 6.07) is 0. The molecule has 0 aromatic carbocycles. The Labute approximate surface area is 118 Å². The number of Topliss-reactive ketones (excluding diaryl/α,β-unsaturated/α-hetero) is 1. The van der Waals surface area contributed by atoms with E-state index in [1.54, 1.807) is 0 Å². The maximum Gasteiger partial charge on any atom is 0.303 e. The van der Waals surface area contributed by atoms with Crippen LogP contribution in [-0.2, 0) is 28.6 Å². The van der Waals surface area contributed by atoms with Crippen molar-refractivity contribution in [3.8, 4) is 0 Å². The predicted molar refractivity (Wildman–Crippen MR) is 65.4 cm³/mol. The zero-order valence-electron chi connectivity index (χ0n) is 10.7. The molecule has 19 heavy (non-hydrogen) atoms. The van der Waals surface area contributed by atoms with Crippen molar-refractivity contribution in [2.24, 2.45) is 0 Å². The lowest BCUT2D eigenvalue weighted by atomic mass is 9.92. The molecule has 1 unspecified atom stereocenters. The maximum absolute atomic E-state index is 11.6. The van der Waals surface area contributed by atoms with E-state index in [1.165, 1.54) is 6.92 Å². The number of aliphatic hydroxyl groups is 1. The Morgan fingerprint density at radius 2 is 1.84 bits per heavy atom. The number of ketones is 1. The molecule has 0 saturated carbocycles. The van der Waals surface area contributed by atoms with Crippen LogP contribution in [0.5, 0.6) is 0 Å². The molecule has 0 bridgehead atoms. The van der Waals surface area contributed by atoms with Gasteiger partial charge in [-0.2, -0.15) is 0 Å². The average molecular weight is 339 g/mol. The van der Waals surface area contributed by atoms with Gasteiger partial charge in [0.25, 0.3) is 0 Å². The Morgan fingerprint density at radius 1 is 1.26 bits per heavy atom. The quantitative estimate of drug-likeness (QED) is 0.565. The molecule has 0 amide bonds. The van der Waals surface area contributed by atoms with Crippen molar-refractivity contribution in [2.75, 3.05) is 6.61 Å². The number of carbonyl (C=O) groups is 3. The molecule has 0 radical (unpaired) electrons. The first kappa shape index (κ1) is 16.1. The Hall–Kier alpha value is -0.990. The van der Waals surface area contributed by atoms with Gasteiger partial charge in [-0.1, -0.05) is 15.9 Å². The van der Waals surface area contributed by atoms with Crippen molar-refractivity contribution in [3.05, 3.63) is 0 Å². The monoisotopic (exact) mass is 338 g/mol. The highest BCUT2D eigenvalue weighted by molar-refractivity contribution is 9.09. The summed E-state index contributed by atoms with van der Waals surface area (Å²) in [7, 11) is 0. The van der Waals surface area contributed by atoms with Crippen molar-refractivity contribution in [1.82, 2.24) is 0 Å². The normalized spacial score (nSPS) is 33.8. The van der Waals surface area contributed by atoms with E-state index in [0.29, 0.717) is 0 Å². The molecule has 1 heterocycles. The number of esters is 2. The van der Waals surface area contributed by atoms with Crippen LogP contribution in [0.3, 0.4) is 0 Å². The lowest BCUT2D eigenvalue weighted by Gasteiger charge is -2.28. The highest BCUT2D eigenvalue weighted by atomic mass is 79.9. The Morgan fingerprint density at radius 3 is 2.26 bits per heavy atom. The van der Waals surface area contributed by atoms with E-state index in [9.17, 15) is 19.5 Å². The van der Waals surface area contributed by atoms with Gasteiger partial charge in [0.15, 0.2) is 22.5 Å². The van der Waals surface area contributed by atoms with Crippen molar-refractivity contribution < 1.29 is 33.7 Å². The number of halogens is 1. The van der Waals surface area contributed by atoms with Gasteiger partial charge < -0.3 is 19.3 Å². The average Bonchev–Trinajstić information content (AvgIpc) is 2.51. The van der Waals surface area contributed by atoms with Crippen molar-refractivity contribution in [3.63, 3.8) is 0 Å². The number of hydrogen-bond acceptors (Lipinski definition) is 7. The Balaban J connectivity index is 2.96. The fraction of sp³-hybridized carbons (Fsp3) is 0.727. The largest absolute Gasteiger partial charge is 0.463 e. The zero-order valence-corrected chi connectivity index (χ0v) is 12.3. The van der Waals surface area contributed by atoms with Gasteiger partial charge in [-0.25, -0.2) is 0 Å². The second-order valence-corrected chi connectivity index (χ2v) is 5.04. The van der Waals surface area contributed by atoms with E-state index in [1.807, 2.05) is 0 Å². The van der Waals surface area contributed by atoms with E-state index in [2.05, 4.69) is 15.9 Å². The summed E-state index contributed by atoms with van der Waals surface area (Å²) in [6.45, 7) is 3.27. The Bertz CT molecular complexity index is 397. The van der Waals surface area contributed by atoms with Gasteiger partial charge in [-0.15, -0.1) is 0 Å². The number of carbonyl (C=O) groups excluding carboxylic acids is 3. The molecule has 1 aliphatic rings. The van der Waals surface area contributed by atoms with Gasteiger partial charge >= 0.3 is 11.9 Å². The van der Waals surface area contributed by atoms with Crippen molar-refractivity contribution in [2.45, 2.75) is 43.6 Å². The second kappa shape index (κ2) is 5.98. The lowest BCUT2D eigenvalue weighted by molar-refractivity contribution is -0.167. The molecule has 1 aliphatic heterocycles. The summed E-state index contributed by atoms with van der Waals surface area (Å²) in [4.78, 5) is 33.5. The molecule has 0 spiro atoms. The summed E-state index contributed by atoms with van der Waals surface area (Å²) in [6.07, 6.45) is -2.17. The van der Waals surface area contributed by atoms with E-state index >= 15 is 0 Å². The van der Waals surface area contributed by atoms with Crippen LogP contribution in [-0.4, -0.2) is 52.3 Å². The Kier molecular flexibility index (Phi) is 5.05. The van der Waals surface area contributed by atoms with Crippen LogP contribution in [0, 0.1) is 0 Å². The highest BCUT2D eigenvalue weighted by Crippen LogP contribution is 2.37. The summed E-state index contributed by atoms with van der Waals surface area (Å²) in [5.41, 5.74) is -2.02. The fourth-order valence-electron chi connectivity index (χ4n) is 1.77. The lowest BCUT2D eigenvalue weighted by Crippen LogP contribution is -2.54. The smallest absolute Gasteiger partial charge is 0.303 e. The molecule has 0 aliphatic carbocycles. The van der Waals surface area contributed by atoms with Crippen LogP contribution >= 0.6 is 15.9 Å². The minimum atomic E-state index is -2.02. The first-order valence-electron chi connectivity index (χ1n) is 5.53. The SMILES string of the molecule is CC(=O)OC[C@H]1OC(Br)[C@@](O)(C(C)=O)[C@@H]1OC(C)=O. The van der Waals surface area contributed by atoms with Gasteiger partial charge in [0.2, 0.25) is 0 Å². The second-order valence-electron chi connectivity index (χ2n) is 4.20. The third-order valence-corrected chi connectivity index (χ3v) is 3.63. The van der Waals surface area contributed by atoms with Crippen LogP contribution in [0.1, 0.15) is 20.8 Å². The van der Waals surface area contributed by atoms with E-state index < -0.39 is 40.5 Å². The molecule has 108 valence electrons. The summed E-state index contributed by atoms with van der Waals surface area (Å²) in [5, 5.41) is 9.29. The van der Waals surface area contributed by atoms with Crippen LogP contribution in [0.25, 0.3) is 0 Å². The fourth-order valence-corrected chi connectivity index (χ4v) is 2.63. The standard InChI is InChI=1S/C11H15BrO7/c1-5(13)11(16)9(18-7(3)15)8(19-10(11)12)4-17-6(2)14/h8-10,16H,4H2,1-3H3/t8-,9-,10?,11-/m1/s1. The summed E-state index contributed by atoms with van der Waals surface area (Å²) < 4.78 is 15.0. The first-order valence-corrected chi connectivity index (χ1v) is 6.44. The molecule has 0 aromatic rings. The third kappa shape index (κ3) is 3.31. The minimum Gasteiger partial charge on any atom is -0.463 e. The maximum atomic E-state index is 11.6. The molecule has 1 saturated heterocycles. The van der Waals surface area contributed by atoms with Crippen molar-refractivity contribution >= 4 is 33.7 Å².